The fraction of sp³-hybridized carbons (Fsp3) is 0.0625. The summed E-state index contributed by atoms with van der Waals surface area (Å²) in [6, 6.07) is 10.0. The van der Waals surface area contributed by atoms with E-state index in [1.165, 1.54) is 0 Å². The molecule has 1 aromatic carbocycles. The number of anilines is 1. The van der Waals surface area contributed by atoms with Crippen LogP contribution in [-0.4, -0.2) is 26.5 Å². The molecule has 7 nitrogen and oxygen atoms in total. The Bertz CT molecular complexity index is 855. The summed E-state index contributed by atoms with van der Waals surface area (Å²) in [5.41, 5.74) is 2.68. The van der Waals surface area contributed by atoms with Crippen LogP contribution in [-0.2, 0) is 6.54 Å². The van der Waals surface area contributed by atoms with Gasteiger partial charge in [-0.2, -0.15) is 0 Å². The fourth-order valence-electron chi connectivity index (χ4n) is 2.18. The molecule has 0 saturated heterocycles. The zero-order valence-electron chi connectivity index (χ0n) is 12.1. The van der Waals surface area contributed by atoms with Crippen molar-refractivity contribution in [1.29, 1.82) is 0 Å². The summed E-state index contributed by atoms with van der Waals surface area (Å²) in [5.74, 6) is -0.224. The van der Waals surface area contributed by atoms with Crippen LogP contribution < -0.4 is 10.6 Å². The largest absolute Gasteiger partial charge is 0.465 e. The summed E-state index contributed by atoms with van der Waals surface area (Å²) in [5, 5.41) is 13.7. The van der Waals surface area contributed by atoms with Crippen LogP contribution in [0.5, 0.6) is 0 Å². The number of hydrogen-bond donors (Lipinski definition) is 3. The number of aromatic nitrogens is 2. The van der Waals surface area contributed by atoms with Gasteiger partial charge in [0.2, 0.25) is 0 Å². The monoisotopic (exact) mass is 310 g/mol. The van der Waals surface area contributed by atoms with Crippen LogP contribution in [0.25, 0.3) is 5.65 Å². The predicted octanol–water partition coefficient (Wildman–Crippen LogP) is 2.35. The van der Waals surface area contributed by atoms with E-state index in [1.54, 1.807) is 30.5 Å². The number of carbonyl (C=O) groups is 2. The van der Waals surface area contributed by atoms with E-state index in [0.717, 1.165) is 11.2 Å². The smallest absolute Gasteiger partial charge is 0.409 e. The Kier molecular flexibility index (Phi) is 3.92. The lowest BCUT2D eigenvalue weighted by molar-refractivity contribution is 0.0951. The molecule has 3 N–H and O–H groups in total. The van der Waals surface area contributed by atoms with E-state index in [2.05, 4.69) is 15.6 Å². The molecule has 0 aliphatic rings. The van der Waals surface area contributed by atoms with Crippen molar-refractivity contribution < 1.29 is 14.7 Å². The van der Waals surface area contributed by atoms with Crippen LogP contribution in [0.2, 0.25) is 0 Å². The highest BCUT2D eigenvalue weighted by Crippen LogP contribution is 2.10. The third-order valence-corrected chi connectivity index (χ3v) is 3.30. The summed E-state index contributed by atoms with van der Waals surface area (Å²) in [6.45, 7) is 0.391. The SMILES string of the molecule is O=C(O)Nc1ccc(C(=O)NCc2ccc3nccn3c2)cc1. The Morgan fingerprint density at radius 2 is 1.91 bits per heavy atom. The molecule has 0 atom stereocenters. The molecule has 0 saturated carbocycles. The maximum atomic E-state index is 12.1. The Morgan fingerprint density at radius 1 is 1.13 bits per heavy atom. The Morgan fingerprint density at radius 3 is 2.65 bits per heavy atom. The van der Waals surface area contributed by atoms with Crippen LogP contribution >= 0.6 is 0 Å². The van der Waals surface area contributed by atoms with Crippen molar-refractivity contribution in [2.75, 3.05) is 5.32 Å². The Labute approximate surface area is 131 Å². The molecule has 0 bridgehead atoms. The van der Waals surface area contributed by atoms with Crippen LogP contribution in [0.4, 0.5) is 10.5 Å². The second kappa shape index (κ2) is 6.18. The molecule has 0 fully saturated rings. The van der Waals surface area contributed by atoms with Crippen LogP contribution in [0.3, 0.4) is 0 Å². The van der Waals surface area contributed by atoms with Crippen molar-refractivity contribution in [2.45, 2.75) is 6.54 Å². The third kappa shape index (κ3) is 3.46. The second-order valence-corrected chi connectivity index (χ2v) is 4.92. The number of imidazole rings is 1. The van der Waals surface area contributed by atoms with Crippen molar-refractivity contribution in [3.63, 3.8) is 0 Å². The second-order valence-electron chi connectivity index (χ2n) is 4.92. The van der Waals surface area contributed by atoms with Gasteiger partial charge in [0.25, 0.3) is 5.91 Å². The molecule has 3 rings (SSSR count). The van der Waals surface area contributed by atoms with Gasteiger partial charge in [-0.1, -0.05) is 6.07 Å². The molecule has 0 radical (unpaired) electrons. The van der Waals surface area contributed by atoms with Gasteiger partial charge in [0.05, 0.1) is 0 Å². The maximum Gasteiger partial charge on any atom is 0.409 e. The summed E-state index contributed by atoms with van der Waals surface area (Å²) >= 11 is 0. The minimum atomic E-state index is -1.14. The number of nitrogens with zero attached hydrogens (tertiary/aromatic N) is 2. The van der Waals surface area contributed by atoms with Gasteiger partial charge in [-0.25, -0.2) is 9.78 Å². The van der Waals surface area contributed by atoms with Crippen molar-refractivity contribution in [1.82, 2.24) is 14.7 Å². The highest BCUT2D eigenvalue weighted by Gasteiger charge is 2.06. The lowest BCUT2D eigenvalue weighted by atomic mass is 10.2. The van der Waals surface area contributed by atoms with Crippen LogP contribution in [0.1, 0.15) is 15.9 Å². The van der Waals surface area contributed by atoms with Gasteiger partial charge in [0, 0.05) is 36.4 Å². The lowest BCUT2D eigenvalue weighted by Crippen LogP contribution is -2.22. The molecule has 2 aromatic heterocycles. The number of pyridine rings is 1. The number of nitrogens with one attached hydrogen (secondary N) is 2. The standard InChI is InChI=1S/C16H14N4O3/c21-15(12-2-4-13(5-3-12)19-16(22)23)18-9-11-1-6-14-17-7-8-20(14)10-11/h1-8,10,19H,9H2,(H,18,21)(H,22,23). The molecule has 0 unspecified atom stereocenters. The molecule has 0 aliphatic heterocycles. The van der Waals surface area contributed by atoms with E-state index < -0.39 is 6.09 Å². The Balaban J connectivity index is 1.63. The minimum Gasteiger partial charge on any atom is -0.465 e. The predicted molar refractivity (Wildman–Crippen MR) is 84.5 cm³/mol. The molecule has 3 aromatic rings. The summed E-state index contributed by atoms with van der Waals surface area (Å²) in [7, 11) is 0. The van der Waals surface area contributed by atoms with Gasteiger partial charge < -0.3 is 14.8 Å². The molecule has 116 valence electrons. The average Bonchev–Trinajstić information content (AvgIpc) is 3.00. The fourth-order valence-corrected chi connectivity index (χ4v) is 2.18. The van der Waals surface area contributed by atoms with Crippen molar-refractivity contribution in [2.24, 2.45) is 0 Å². The third-order valence-electron chi connectivity index (χ3n) is 3.30. The van der Waals surface area contributed by atoms with Crippen molar-refractivity contribution >= 4 is 23.3 Å². The number of hydrogen-bond acceptors (Lipinski definition) is 3. The average molecular weight is 310 g/mol. The van der Waals surface area contributed by atoms with Crippen molar-refractivity contribution in [3.8, 4) is 0 Å². The van der Waals surface area contributed by atoms with E-state index in [9.17, 15) is 9.59 Å². The van der Waals surface area contributed by atoms with E-state index in [4.69, 9.17) is 5.11 Å². The molecular formula is C16H14N4O3. The topological polar surface area (TPSA) is 95.7 Å². The van der Waals surface area contributed by atoms with E-state index in [1.807, 2.05) is 28.9 Å². The normalized spacial score (nSPS) is 10.4. The quantitative estimate of drug-likeness (QED) is 0.689. The summed E-state index contributed by atoms with van der Waals surface area (Å²) in [6.07, 6.45) is 4.32. The first-order chi connectivity index (χ1) is 11.1. The summed E-state index contributed by atoms with van der Waals surface area (Å²) in [4.78, 5) is 26.8. The highest BCUT2D eigenvalue weighted by molar-refractivity contribution is 5.95. The molecule has 7 heteroatoms. The zero-order chi connectivity index (χ0) is 16.2. The molecule has 2 amide bonds. The highest BCUT2D eigenvalue weighted by atomic mass is 16.4. The molecule has 23 heavy (non-hydrogen) atoms. The van der Waals surface area contributed by atoms with E-state index in [-0.39, 0.29) is 5.91 Å². The first kappa shape index (κ1) is 14.6. The van der Waals surface area contributed by atoms with Gasteiger partial charge in [0.1, 0.15) is 5.65 Å². The number of benzene rings is 1. The maximum absolute atomic E-state index is 12.1. The zero-order valence-corrected chi connectivity index (χ0v) is 12.1. The Hall–Kier alpha value is -3.35. The van der Waals surface area contributed by atoms with Crippen LogP contribution in [0, 0.1) is 0 Å². The molecular weight excluding hydrogens is 296 g/mol. The summed E-state index contributed by atoms with van der Waals surface area (Å²) < 4.78 is 1.88. The molecule has 0 aliphatic carbocycles. The van der Waals surface area contributed by atoms with Crippen LogP contribution in [0.15, 0.2) is 55.0 Å². The van der Waals surface area contributed by atoms with Gasteiger partial charge in [-0.15, -0.1) is 0 Å². The lowest BCUT2D eigenvalue weighted by Gasteiger charge is -2.07. The van der Waals surface area contributed by atoms with E-state index in [0.29, 0.717) is 17.8 Å². The minimum absolute atomic E-state index is 0.224. The van der Waals surface area contributed by atoms with Gasteiger partial charge in [-0.3, -0.25) is 10.1 Å². The molecule has 0 spiro atoms. The first-order valence-electron chi connectivity index (χ1n) is 6.91. The van der Waals surface area contributed by atoms with Gasteiger partial charge in [0.15, 0.2) is 0 Å². The number of carboxylic acid groups (broad SMARTS) is 1. The number of rotatable bonds is 4. The van der Waals surface area contributed by atoms with Gasteiger partial charge >= 0.3 is 6.09 Å². The molecule has 2 heterocycles. The van der Waals surface area contributed by atoms with Crippen molar-refractivity contribution in [3.05, 3.63) is 66.1 Å². The number of amides is 2. The van der Waals surface area contributed by atoms with Gasteiger partial charge in [-0.05, 0) is 35.9 Å². The van der Waals surface area contributed by atoms with E-state index >= 15 is 0 Å². The number of fused-ring (bicyclic) bond motifs is 1. The first-order valence-corrected chi connectivity index (χ1v) is 6.91. The number of carbonyl (C=O) groups excluding carboxylic acids is 1.